The summed E-state index contributed by atoms with van der Waals surface area (Å²) in [7, 11) is 5.08. The number of imidazole rings is 2. The molecule has 30 nitrogen and oxygen atoms in total. The van der Waals surface area contributed by atoms with Gasteiger partial charge in [-0.1, -0.05) is 0 Å². The normalized spacial score (nSPS) is 12.4. The van der Waals surface area contributed by atoms with Gasteiger partial charge in [-0.25, -0.2) is 37.4 Å². The summed E-state index contributed by atoms with van der Waals surface area (Å²) >= 11 is 0. The van der Waals surface area contributed by atoms with Gasteiger partial charge in [0.05, 0.1) is 27.7 Å². The third-order valence-electron chi connectivity index (χ3n) is 10.7. The number of unbranched alkanes of at least 4 members (excludes halogenated alkanes) is 1. The van der Waals surface area contributed by atoms with E-state index < -0.39 is 155 Å². The summed E-state index contributed by atoms with van der Waals surface area (Å²) in [4.78, 5) is 145. The fraction of sp³-hybridized carbons (Fsp3) is 0.550. The highest BCUT2D eigenvalue weighted by atomic mass is 16.4. The Morgan fingerprint density at radius 2 is 0.914 bits per heavy atom. The van der Waals surface area contributed by atoms with E-state index >= 15 is 0 Å². The summed E-state index contributed by atoms with van der Waals surface area (Å²) in [6, 6.07) is -6.19. The van der Waals surface area contributed by atoms with E-state index in [9.17, 15) is 93.3 Å². The average molecular weight is 1000 g/mol. The lowest BCUT2D eigenvalue weighted by Crippen LogP contribution is -2.51. The number of carbonyl (C=O) groups excluding carboxylic acids is 4. The molecule has 0 fully saturated rings. The lowest BCUT2D eigenvalue weighted by atomic mass is 10.1. The summed E-state index contributed by atoms with van der Waals surface area (Å²) in [5.41, 5.74) is 0. The van der Waals surface area contributed by atoms with Crippen molar-refractivity contribution in [2.24, 2.45) is 14.1 Å². The molecule has 2 heterocycles. The molecule has 386 valence electrons. The number of carbonyl (C=O) groups is 12. The molecule has 2 unspecified atom stereocenters. The topological polar surface area (TPSA) is 427 Å². The molecule has 2 aromatic heterocycles. The zero-order valence-corrected chi connectivity index (χ0v) is 38.5. The predicted molar refractivity (Wildman–Crippen MR) is 227 cm³/mol. The second-order valence-corrected chi connectivity index (χ2v) is 16.5. The van der Waals surface area contributed by atoms with Gasteiger partial charge in [0.15, 0.2) is 26.2 Å². The SMILES string of the molecule is C[n+]1ccn(CC(=O)N(CC(=O)O)CC(=O)O)c1C[N+](C)(CCCC[C@@H](NC(=O)CCC(NC(=O)NC(CCC(=O)O)C(=O)O)C(=O)O)C(=O)O)Cc1n(CC(=O)N(CC(=O)O)CC(=O)O)cc[n+]1C. The van der Waals surface area contributed by atoms with Gasteiger partial charge in [-0.3, -0.25) is 38.4 Å². The first-order valence-electron chi connectivity index (χ1n) is 21.2. The van der Waals surface area contributed by atoms with E-state index in [1.165, 1.54) is 21.5 Å². The van der Waals surface area contributed by atoms with Gasteiger partial charge < -0.3 is 71.1 Å². The number of amides is 5. The Kier molecular flexibility index (Phi) is 22.3. The van der Waals surface area contributed by atoms with Gasteiger partial charge in [-0.15, -0.1) is 0 Å². The van der Waals surface area contributed by atoms with Crippen LogP contribution in [0.4, 0.5) is 4.79 Å². The first-order valence-corrected chi connectivity index (χ1v) is 21.2. The maximum atomic E-state index is 13.3. The van der Waals surface area contributed by atoms with Crippen molar-refractivity contribution < 1.29 is 112 Å². The van der Waals surface area contributed by atoms with Crippen molar-refractivity contribution in [1.29, 1.82) is 0 Å². The van der Waals surface area contributed by atoms with Crippen LogP contribution in [0.15, 0.2) is 24.8 Å². The molecule has 0 spiro atoms. The number of hydrogen-bond donors (Lipinski definition) is 11. The van der Waals surface area contributed by atoms with Crippen LogP contribution in [0, 0.1) is 0 Å². The summed E-state index contributed by atoms with van der Waals surface area (Å²) in [5.74, 6) is -13.4. The second kappa shape index (κ2) is 27.0. The van der Waals surface area contributed by atoms with Crippen molar-refractivity contribution in [2.75, 3.05) is 39.8 Å². The molecule has 0 saturated heterocycles. The maximum Gasteiger partial charge on any atom is 0.326 e. The van der Waals surface area contributed by atoms with Gasteiger partial charge in [-0.05, 0) is 32.1 Å². The third-order valence-corrected chi connectivity index (χ3v) is 10.7. The summed E-state index contributed by atoms with van der Waals surface area (Å²) in [5, 5.41) is 81.2. The van der Waals surface area contributed by atoms with E-state index in [1.807, 2.05) is 10.6 Å². The quantitative estimate of drug-likeness (QED) is 0.0183. The summed E-state index contributed by atoms with van der Waals surface area (Å²) in [6.07, 6.45) is 4.16. The molecule has 0 aliphatic rings. The Labute approximate surface area is 397 Å². The number of aryl methyl sites for hydroxylation is 2. The van der Waals surface area contributed by atoms with Gasteiger partial charge in [0.25, 0.3) is 11.8 Å². The first kappa shape index (κ1) is 57.9. The Hall–Kier alpha value is -8.18. The van der Waals surface area contributed by atoms with Gasteiger partial charge in [0, 0.05) is 12.8 Å². The zero-order chi connectivity index (χ0) is 53.0. The number of quaternary nitrogens is 1. The number of carboxylic acids is 8. The largest absolute Gasteiger partial charge is 0.481 e. The number of urea groups is 1. The van der Waals surface area contributed by atoms with Crippen LogP contribution in [0.25, 0.3) is 0 Å². The van der Waals surface area contributed by atoms with Crippen LogP contribution in [-0.2, 0) is 93.0 Å². The third kappa shape index (κ3) is 20.0. The van der Waals surface area contributed by atoms with Crippen LogP contribution in [0.5, 0.6) is 0 Å². The Balaban J connectivity index is 2.36. The highest BCUT2D eigenvalue weighted by Gasteiger charge is 2.37. The van der Waals surface area contributed by atoms with E-state index in [4.69, 9.17) is 5.11 Å². The molecule has 3 atom stereocenters. The summed E-state index contributed by atoms with van der Waals surface area (Å²) in [6.45, 7) is -4.15. The number of hydrogen-bond acceptors (Lipinski definition) is 12. The maximum absolute atomic E-state index is 13.3. The number of carboxylic acid groups (broad SMARTS) is 8. The van der Waals surface area contributed by atoms with Crippen LogP contribution in [0.3, 0.4) is 0 Å². The molecule has 0 aliphatic carbocycles. The molecule has 0 aromatic carbocycles. The van der Waals surface area contributed by atoms with Gasteiger partial charge in [-0.2, -0.15) is 0 Å². The van der Waals surface area contributed by atoms with Crippen molar-refractivity contribution in [1.82, 2.24) is 34.9 Å². The minimum Gasteiger partial charge on any atom is -0.481 e. The van der Waals surface area contributed by atoms with Crippen molar-refractivity contribution in [3.05, 3.63) is 36.4 Å². The number of nitrogens with zero attached hydrogens (tertiary/aromatic N) is 7. The molecule has 70 heavy (non-hydrogen) atoms. The lowest BCUT2D eigenvalue weighted by Gasteiger charge is -2.32. The number of aromatic nitrogens is 4. The molecule has 0 radical (unpaired) electrons. The number of rotatable bonds is 33. The van der Waals surface area contributed by atoms with Gasteiger partial charge in [0.2, 0.25) is 5.91 Å². The van der Waals surface area contributed by atoms with Crippen LogP contribution in [0.2, 0.25) is 0 Å². The van der Waals surface area contributed by atoms with Crippen LogP contribution < -0.4 is 25.1 Å². The predicted octanol–water partition coefficient (Wildman–Crippen LogP) is -4.33. The molecule has 0 aliphatic heterocycles. The van der Waals surface area contributed by atoms with Crippen LogP contribution >= 0.6 is 0 Å². The van der Waals surface area contributed by atoms with Gasteiger partial charge in [0.1, 0.15) is 69.1 Å². The Morgan fingerprint density at radius 3 is 1.27 bits per heavy atom. The number of aliphatic carboxylic acids is 8. The average Bonchev–Trinajstić information content (AvgIpc) is 3.75. The second-order valence-electron chi connectivity index (χ2n) is 16.5. The highest BCUT2D eigenvalue weighted by Crippen LogP contribution is 2.19. The fourth-order valence-electron chi connectivity index (χ4n) is 7.09. The van der Waals surface area contributed by atoms with E-state index in [1.54, 1.807) is 42.7 Å². The van der Waals surface area contributed by atoms with Crippen molar-refractivity contribution in [3.8, 4) is 0 Å². The van der Waals surface area contributed by atoms with E-state index in [0.29, 0.717) is 21.4 Å². The van der Waals surface area contributed by atoms with Crippen LogP contribution in [-0.4, -0.2) is 194 Å². The van der Waals surface area contributed by atoms with Crippen molar-refractivity contribution in [2.45, 2.75) is 89.3 Å². The van der Waals surface area contributed by atoms with Crippen molar-refractivity contribution in [3.63, 3.8) is 0 Å². The fourth-order valence-corrected chi connectivity index (χ4v) is 7.09. The molecule has 0 saturated carbocycles. The molecular weight excluding hydrogens is 940 g/mol. The standard InChI is InChI=1S/C40H56N10O20/c1-44-11-13-46(16-30(52)48(18-33(56)57)19-34(58)59)28(44)22-50(3,23-29-45(2)12-14-47(29)17-31(53)49(20-35(60)61)21-36(62)63)15-5-4-6-24(37(64)65)41-27(51)9-7-25(38(66)67)42-40(70)43-26(39(68)69)8-10-32(54)55/h11-14,24-26H,4-10,15-23H2,1-3H3,(H8-3,41,42,43,51,54,55,56,57,58,59,60,61,62,63,64,65,66,67,68,69,70)/p+3/t24-,25?,26?/m1/s1. The minimum atomic E-state index is -1.75. The monoisotopic (exact) mass is 999 g/mol. The Morgan fingerprint density at radius 1 is 0.543 bits per heavy atom. The molecular formula is C40H59N10O20+3. The van der Waals surface area contributed by atoms with Gasteiger partial charge >= 0.3 is 65.4 Å². The molecule has 0 bridgehead atoms. The minimum absolute atomic E-state index is 0.0219. The number of nitrogens with one attached hydrogen (secondary N) is 3. The molecule has 5 amide bonds. The smallest absolute Gasteiger partial charge is 0.326 e. The van der Waals surface area contributed by atoms with Crippen LogP contribution in [0.1, 0.15) is 56.6 Å². The van der Waals surface area contributed by atoms with E-state index in [2.05, 4.69) is 5.32 Å². The van der Waals surface area contributed by atoms with E-state index in [0.717, 1.165) is 0 Å². The zero-order valence-electron chi connectivity index (χ0n) is 38.5. The Bertz CT molecular complexity index is 2160. The lowest BCUT2D eigenvalue weighted by molar-refractivity contribution is -0.951. The van der Waals surface area contributed by atoms with Crippen molar-refractivity contribution >= 4 is 71.5 Å². The molecule has 11 N–H and O–H groups in total. The summed E-state index contributed by atoms with van der Waals surface area (Å²) < 4.78 is 6.30. The molecule has 2 rings (SSSR count). The first-order chi connectivity index (χ1) is 32.6. The molecule has 2 aromatic rings. The molecule has 30 heteroatoms. The highest BCUT2D eigenvalue weighted by molar-refractivity contribution is 5.88. The van der Waals surface area contributed by atoms with E-state index in [-0.39, 0.29) is 43.4 Å².